The van der Waals surface area contributed by atoms with Crippen molar-refractivity contribution in [2.24, 2.45) is 0 Å². The fourth-order valence-corrected chi connectivity index (χ4v) is 2.00. The molecule has 6 nitrogen and oxygen atoms in total. The minimum absolute atomic E-state index is 0.291. The summed E-state index contributed by atoms with van der Waals surface area (Å²) in [6.45, 7) is 0.291. The summed E-state index contributed by atoms with van der Waals surface area (Å²) in [5.41, 5.74) is 0. The molecule has 2 N–H and O–H groups in total. The van der Waals surface area contributed by atoms with Crippen LogP contribution in [0.5, 0.6) is 0 Å². The molecule has 0 aromatic heterocycles. The number of aliphatic hydroxyl groups is 1. The topological polar surface area (TPSA) is 69.2 Å². The minimum atomic E-state index is -0.826. The molecule has 0 aliphatic carbocycles. The van der Waals surface area contributed by atoms with E-state index in [9.17, 15) is 5.11 Å². The number of ether oxygens (including phenoxy) is 4. The number of nitrogens with one attached hydrogen (secondary N) is 1. The van der Waals surface area contributed by atoms with E-state index in [0.717, 1.165) is 0 Å². The second-order valence-corrected chi connectivity index (χ2v) is 3.77. The standard InChI is InChI=1S/C9H18ClNO5/c1-13-7-6(12)5(4-11-10)16-9(15-3)8(7)14-2/h5-9,11-12H,4H2,1-3H3/t5?,6-,7?,8?,9-/m0/s1. The SMILES string of the molecule is COC1C(OC)[C@@H](O)C(CNCl)O[C@@H]1OC. The van der Waals surface area contributed by atoms with E-state index in [-0.39, 0.29) is 0 Å². The Morgan fingerprint density at radius 1 is 1.19 bits per heavy atom. The number of aliphatic hydroxyl groups excluding tert-OH is 1. The van der Waals surface area contributed by atoms with Crippen molar-refractivity contribution in [3.8, 4) is 0 Å². The van der Waals surface area contributed by atoms with Crippen LogP contribution in [0.25, 0.3) is 0 Å². The summed E-state index contributed by atoms with van der Waals surface area (Å²) in [4.78, 5) is 2.43. The van der Waals surface area contributed by atoms with Gasteiger partial charge in [0.15, 0.2) is 6.29 Å². The monoisotopic (exact) mass is 255 g/mol. The Hall–Kier alpha value is 0.0500. The third-order valence-corrected chi connectivity index (χ3v) is 2.83. The lowest BCUT2D eigenvalue weighted by molar-refractivity contribution is -0.297. The van der Waals surface area contributed by atoms with Crippen LogP contribution in [0.15, 0.2) is 0 Å². The number of rotatable bonds is 5. The third kappa shape index (κ3) is 2.84. The Balaban J connectivity index is 2.76. The molecule has 1 rings (SSSR count). The molecular weight excluding hydrogens is 238 g/mol. The molecule has 0 saturated carbocycles. The molecule has 0 radical (unpaired) electrons. The molecule has 0 bridgehead atoms. The summed E-state index contributed by atoms with van der Waals surface area (Å²) >= 11 is 5.40. The highest BCUT2D eigenvalue weighted by Gasteiger charge is 2.45. The third-order valence-electron chi connectivity index (χ3n) is 2.67. The highest BCUT2D eigenvalue weighted by molar-refractivity contribution is 6.13. The van der Waals surface area contributed by atoms with Gasteiger partial charge in [-0.1, -0.05) is 0 Å². The van der Waals surface area contributed by atoms with Crippen LogP contribution in [0, 0.1) is 0 Å². The van der Waals surface area contributed by atoms with Crippen molar-refractivity contribution >= 4 is 11.8 Å². The van der Waals surface area contributed by atoms with Crippen LogP contribution in [0.4, 0.5) is 0 Å². The zero-order chi connectivity index (χ0) is 12.1. The van der Waals surface area contributed by atoms with Crippen molar-refractivity contribution in [3.05, 3.63) is 0 Å². The molecule has 1 saturated heterocycles. The molecule has 0 amide bonds. The van der Waals surface area contributed by atoms with Gasteiger partial charge in [-0.05, 0) is 11.8 Å². The van der Waals surface area contributed by atoms with Gasteiger partial charge in [-0.2, -0.15) is 0 Å². The number of halogens is 1. The summed E-state index contributed by atoms with van der Waals surface area (Å²) in [7, 11) is 4.52. The van der Waals surface area contributed by atoms with Gasteiger partial charge in [0.2, 0.25) is 0 Å². The maximum atomic E-state index is 9.99. The maximum Gasteiger partial charge on any atom is 0.186 e. The van der Waals surface area contributed by atoms with Gasteiger partial charge < -0.3 is 24.1 Å². The largest absolute Gasteiger partial charge is 0.388 e. The molecular formula is C9H18ClNO5. The summed E-state index contributed by atoms with van der Waals surface area (Å²) in [5, 5.41) is 9.99. The normalized spacial score (nSPS) is 39.9. The van der Waals surface area contributed by atoms with E-state index >= 15 is 0 Å². The Morgan fingerprint density at radius 2 is 1.81 bits per heavy atom. The first-order valence-electron chi connectivity index (χ1n) is 4.95. The van der Waals surface area contributed by atoms with E-state index in [1.807, 2.05) is 0 Å². The summed E-state index contributed by atoms with van der Waals surface area (Å²) in [6, 6.07) is 0. The molecule has 3 unspecified atom stereocenters. The van der Waals surface area contributed by atoms with Gasteiger partial charge in [-0.15, -0.1) is 0 Å². The minimum Gasteiger partial charge on any atom is -0.388 e. The van der Waals surface area contributed by atoms with Crippen molar-refractivity contribution in [1.29, 1.82) is 0 Å². The summed E-state index contributed by atoms with van der Waals surface area (Å²) in [6.07, 6.45) is -2.91. The Labute approximate surface area is 99.9 Å². The van der Waals surface area contributed by atoms with Gasteiger partial charge >= 0.3 is 0 Å². The zero-order valence-electron chi connectivity index (χ0n) is 9.55. The molecule has 5 atom stereocenters. The van der Waals surface area contributed by atoms with Crippen LogP contribution in [0.3, 0.4) is 0 Å². The summed E-state index contributed by atoms with van der Waals surface area (Å²) in [5.74, 6) is 0. The second kappa shape index (κ2) is 6.70. The van der Waals surface area contributed by atoms with Crippen LogP contribution >= 0.6 is 11.8 Å². The molecule has 0 aromatic rings. The molecule has 0 aromatic carbocycles. The molecule has 7 heteroatoms. The predicted molar refractivity (Wildman–Crippen MR) is 57.1 cm³/mol. The van der Waals surface area contributed by atoms with Gasteiger partial charge in [0.1, 0.15) is 24.4 Å². The van der Waals surface area contributed by atoms with Gasteiger partial charge in [0.05, 0.1) is 0 Å². The average Bonchev–Trinajstić information content (AvgIpc) is 2.31. The predicted octanol–water partition coefficient (Wildman–Crippen LogP) is -0.508. The maximum absolute atomic E-state index is 9.99. The lowest BCUT2D eigenvalue weighted by Crippen LogP contribution is -2.60. The smallest absolute Gasteiger partial charge is 0.186 e. The Kier molecular flexibility index (Phi) is 5.91. The number of hydrogen-bond donors (Lipinski definition) is 2. The van der Waals surface area contributed by atoms with Crippen LogP contribution in [0.1, 0.15) is 0 Å². The summed E-state index contributed by atoms with van der Waals surface area (Å²) < 4.78 is 21.1. The number of hydrogen-bond acceptors (Lipinski definition) is 6. The van der Waals surface area contributed by atoms with Gasteiger partial charge in [-0.3, -0.25) is 0 Å². The average molecular weight is 256 g/mol. The van der Waals surface area contributed by atoms with Crippen LogP contribution < -0.4 is 4.84 Å². The van der Waals surface area contributed by atoms with E-state index < -0.39 is 30.7 Å². The van der Waals surface area contributed by atoms with Gasteiger partial charge in [0, 0.05) is 27.9 Å². The number of methoxy groups -OCH3 is 3. The lowest BCUT2D eigenvalue weighted by atomic mass is 9.98. The van der Waals surface area contributed by atoms with Crippen molar-refractivity contribution in [2.45, 2.75) is 30.7 Å². The first kappa shape index (κ1) is 14.1. The van der Waals surface area contributed by atoms with Crippen molar-refractivity contribution < 1.29 is 24.1 Å². The first-order valence-corrected chi connectivity index (χ1v) is 5.32. The first-order chi connectivity index (χ1) is 7.69. The van der Waals surface area contributed by atoms with Crippen molar-refractivity contribution in [1.82, 2.24) is 4.84 Å². The second-order valence-electron chi connectivity index (χ2n) is 3.51. The van der Waals surface area contributed by atoms with E-state index in [2.05, 4.69) is 4.84 Å². The molecule has 1 fully saturated rings. The van der Waals surface area contributed by atoms with Gasteiger partial charge in [-0.25, -0.2) is 4.84 Å². The lowest BCUT2D eigenvalue weighted by Gasteiger charge is -2.42. The van der Waals surface area contributed by atoms with Crippen LogP contribution in [-0.4, -0.2) is 63.7 Å². The highest BCUT2D eigenvalue weighted by atomic mass is 35.5. The molecule has 96 valence electrons. The van der Waals surface area contributed by atoms with Crippen LogP contribution in [-0.2, 0) is 18.9 Å². The molecule has 1 aliphatic heterocycles. The van der Waals surface area contributed by atoms with E-state index in [1.165, 1.54) is 21.3 Å². The van der Waals surface area contributed by atoms with E-state index in [1.54, 1.807) is 0 Å². The molecule has 1 heterocycles. The van der Waals surface area contributed by atoms with Gasteiger partial charge in [0.25, 0.3) is 0 Å². The molecule has 16 heavy (non-hydrogen) atoms. The Bertz CT molecular complexity index is 208. The van der Waals surface area contributed by atoms with E-state index in [4.69, 9.17) is 30.7 Å². The Morgan fingerprint density at radius 3 is 2.25 bits per heavy atom. The highest BCUT2D eigenvalue weighted by Crippen LogP contribution is 2.25. The van der Waals surface area contributed by atoms with E-state index in [0.29, 0.717) is 6.54 Å². The van der Waals surface area contributed by atoms with Crippen molar-refractivity contribution in [3.63, 3.8) is 0 Å². The molecule has 0 spiro atoms. The molecule has 1 aliphatic rings. The fraction of sp³-hybridized carbons (Fsp3) is 1.00. The zero-order valence-corrected chi connectivity index (χ0v) is 10.3. The van der Waals surface area contributed by atoms with Crippen molar-refractivity contribution in [2.75, 3.05) is 27.9 Å². The van der Waals surface area contributed by atoms with Crippen LogP contribution in [0.2, 0.25) is 0 Å². The quantitative estimate of drug-likeness (QED) is 0.645. The fourth-order valence-electron chi connectivity index (χ4n) is 1.84.